The Balaban J connectivity index is 2.46. The lowest BCUT2D eigenvalue weighted by Crippen LogP contribution is -1.86. The van der Waals surface area contributed by atoms with Crippen LogP contribution in [0.25, 0.3) is 10.6 Å². The molecule has 1 heterocycles. The average Bonchev–Trinajstić information content (AvgIpc) is 2.70. The molecule has 0 saturated carbocycles. The Morgan fingerprint density at radius 3 is 2.79 bits per heavy atom. The molecule has 14 heavy (non-hydrogen) atoms. The van der Waals surface area contributed by atoms with Crippen molar-refractivity contribution in [1.29, 1.82) is 0 Å². The zero-order valence-electron chi connectivity index (χ0n) is 8.02. The molecule has 0 N–H and O–H groups in total. The lowest BCUT2D eigenvalue weighted by molar-refractivity contribution is 0.414. The molecule has 0 aliphatic carbocycles. The number of hydrogen-bond acceptors (Lipinski definition) is 4. The number of ether oxygens (including phenoxy) is 1. The van der Waals surface area contributed by atoms with Crippen LogP contribution in [0, 0.1) is 6.92 Å². The quantitative estimate of drug-likeness (QED) is 0.757. The molecule has 3 nitrogen and oxygen atoms in total. The van der Waals surface area contributed by atoms with E-state index in [9.17, 15) is 0 Å². The van der Waals surface area contributed by atoms with E-state index in [0.29, 0.717) is 0 Å². The molecule has 0 atom stereocenters. The molecule has 0 fully saturated rings. The van der Waals surface area contributed by atoms with Crippen LogP contribution in [0.15, 0.2) is 23.7 Å². The van der Waals surface area contributed by atoms with E-state index in [1.807, 2.05) is 25.1 Å². The van der Waals surface area contributed by atoms with Gasteiger partial charge in [-0.2, -0.15) is 0 Å². The number of methoxy groups -OCH3 is 1. The highest BCUT2D eigenvalue weighted by Gasteiger charge is 2.05. The number of hydrogen-bond donors (Lipinski definition) is 0. The molecular weight excluding hydrogens is 196 g/mol. The molecule has 0 saturated heterocycles. The topological polar surface area (TPSA) is 35.0 Å². The summed E-state index contributed by atoms with van der Waals surface area (Å²) in [6.07, 6.45) is 0. The number of rotatable bonds is 2. The third kappa shape index (κ3) is 1.61. The molecule has 0 aliphatic rings. The minimum Gasteiger partial charge on any atom is -0.497 e. The number of nitrogens with zero attached hydrogens (tertiary/aromatic N) is 2. The maximum atomic E-state index is 5.13. The van der Waals surface area contributed by atoms with E-state index >= 15 is 0 Å². The van der Waals surface area contributed by atoms with E-state index in [0.717, 1.165) is 21.9 Å². The van der Waals surface area contributed by atoms with Gasteiger partial charge in [0.05, 0.1) is 7.11 Å². The van der Waals surface area contributed by atoms with Gasteiger partial charge in [0.15, 0.2) is 0 Å². The van der Waals surface area contributed by atoms with Crippen molar-refractivity contribution in [2.75, 3.05) is 7.11 Å². The van der Waals surface area contributed by atoms with Crippen LogP contribution in [0.4, 0.5) is 0 Å². The van der Waals surface area contributed by atoms with Crippen molar-refractivity contribution >= 4 is 11.3 Å². The lowest BCUT2D eigenvalue weighted by Gasteiger charge is -2.04. The second kappa shape index (κ2) is 3.75. The van der Waals surface area contributed by atoms with Crippen molar-refractivity contribution < 1.29 is 4.74 Å². The van der Waals surface area contributed by atoms with Gasteiger partial charge in [-0.25, -0.2) is 0 Å². The fourth-order valence-electron chi connectivity index (χ4n) is 1.29. The van der Waals surface area contributed by atoms with Gasteiger partial charge in [-0.3, -0.25) is 0 Å². The fraction of sp³-hybridized carbons (Fsp3) is 0.200. The van der Waals surface area contributed by atoms with E-state index < -0.39 is 0 Å². The summed E-state index contributed by atoms with van der Waals surface area (Å²) < 4.78 is 5.13. The van der Waals surface area contributed by atoms with E-state index in [4.69, 9.17) is 4.74 Å². The number of aromatic nitrogens is 2. The van der Waals surface area contributed by atoms with Gasteiger partial charge in [0.25, 0.3) is 0 Å². The second-order valence-electron chi connectivity index (χ2n) is 2.92. The Morgan fingerprint density at radius 2 is 2.21 bits per heavy atom. The number of benzene rings is 1. The molecule has 2 aromatic rings. The van der Waals surface area contributed by atoms with Crippen molar-refractivity contribution in [3.8, 4) is 16.3 Å². The highest BCUT2D eigenvalue weighted by atomic mass is 32.1. The minimum atomic E-state index is 0.871. The van der Waals surface area contributed by atoms with E-state index in [1.165, 1.54) is 0 Å². The zero-order chi connectivity index (χ0) is 9.97. The summed E-state index contributed by atoms with van der Waals surface area (Å²) in [4.78, 5) is 0. The Hall–Kier alpha value is -1.42. The Morgan fingerprint density at radius 1 is 1.36 bits per heavy atom. The molecule has 4 heteroatoms. The highest BCUT2D eigenvalue weighted by Crippen LogP contribution is 2.27. The summed E-state index contributed by atoms with van der Waals surface area (Å²) >= 11 is 1.54. The molecule has 0 radical (unpaired) electrons. The van der Waals surface area contributed by atoms with E-state index in [2.05, 4.69) is 10.2 Å². The van der Waals surface area contributed by atoms with Crippen molar-refractivity contribution in [1.82, 2.24) is 10.2 Å². The molecule has 0 spiro atoms. The van der Waals surface area contributed by atoms with Gasteiger partial charge in [0.2, 0.25) is 0 Å². The zero-order valence-corrected chi connectivity index (χ0v) is 8.84. The summed E-state index contributed by atoms with van der Waals surface area (Å²) in [5.41, 5.74) is 4.01. The maximum Gasteiger partial charge on any atom is 0.147 e. The molecule has 1 aromatic heterocycles. The molecule has 2 rings (SSSR count). The van der Waals surface area contributed by atoms with Crippen molar-refractivity contribution in [2.45, 2.75) is 6.92 Å². The SMILES string of the molecule is COc1ccc(-c2nncs2)c(C)c1. The Bertz CT molecular complexity index is 426. The fourth-order valence-corrected chi connectivity index (χ4v) is 1.94. The van der Waals surface area contributed by atoms with Crippen molar-refractivity contribution in [2.24, 2.45) is 0 Å². The standard InChI is InChI=1S/C10H10N2OS/c1-7-5-8(13-2)3-4-9(7)10-12-11-6-14-10/h3-6H,1-2H3. The smallest absolute Gasteiger partial charge is 0.147 e. The molecular formula is C10H10N2OS. The lowest BCUT2D eigenvalue weighted by atomic mass is 10.1. The minimum absolute atomic E-state index is 0.871. The van der Waals surface area contributed by atoms with Gasteiger partial charge in [-0.15, -0.1) is 10.2 Å². The number of aryl methyl sites for hydroxylation is 1. The van der Waals surface area contributed by atoms with Crippen LogP contribution >= 0.6 is 11.3 Å². The van der Waals surface area contributed by atoms with Gasteiger partial charge >= 0.3 is 0 Å². The highest BCUT2D eigenvalue weighted by molar-refractivity contribution is 7.12. The first-order chi connectivity index (χ1) is 6.81. The van der Waals surface area contributed by atoms with Gasteiger partial charge < -0.3 is 4.74 Å². The van der Waals surface area contributed by atoms with E-state index in [-0.39, 0.29) is 0 Å². The summed E-state index contributed by atoms with van der Waals surface area (Å²) in [6.45, 7) is 2.04. The Labute approximate surface area is 86.4 Å². The van der Waals surface area contributed by atoms with Crippen molar-refractivity contribution in [3.63, 3.8) is 0 Å². The second-order valence-corrected chi connectivity index (χ2v) is 3.76. The summed E-state index contributed by atoms with van der Waals surface area (Å²) in [6, 6.07) is 5.94. The van der Waals surface area contributed by atoms with Crippen LogP contribution in [0.5, 0.6) is 5.75 Å². The third-order valence-corrected chi connectivity index (χ3v) is 2.75. The maximum absolute atomic E-state index is 5.13. The molecule has 72 valence electrons. The average molecular weight is 206 g/mol. The molecule has 1 aromatic carbocycles. The van der Waals surface area contributed by atoms with Gasteiger partial charge in [-0.05, 0) is 30.7 Å². The Kier molecular flexibility index (Phi) is 2.45. The molecule has 0 aliphatic heterocycles. The molecule has 0 bridgehead atoms. The van der Waals surface area contributed by atoms with Gasteiger partial charge in [0.1, 0.15) is 16.3 Å². The normalized spacial score (nSPS) is 10.1. The first-order valence-corrected chi connectivity index (χ1v) is 5.10. The predicted octanol–water partition coefficient (Wildman–Crippen LogP) is 2.52. The first kappa shape index (κ1) is 9.15. The predicted molar refractivity (Wildman–Crippen MR) is 56.6 cm³/mol. The molecule has 0 amide bonds. The van der Waals surface area contributed by atoms with Crippen LogP contribution in [0.3, 0.4) is 0 Å². The third-order valence-electron chi connectivity index (χ3n) is 2.02. The van der Waals surface area contributed by atoms with Crippen LogP contribution in [0.1, 0.15) is 5.56 Å². The first-order valence-electron chi connectivity index (χ1n) is 4.22. The summed E-state index contributed by atoms with van der Waals surface area (Å²) in [7, 11) is 1.67. The van der Waals surface area contributed by atoms with Crippen LogP contribution in [-0.4, -0.2) is 17.3 Å². The van der Waals surface area contributed by atoms with Crippen LogP contribution in [0.2, 0.25) is 0 Å². The largest absolute Gasteiger partial charge is 0.497 e. The van der Waals surface area contributed by atoms with Gasteiger partial charge in [-0.1, -0.05) is 11.3 Å². The van der Waals surface area contributed by atoms with Gasteiger partial charge in [0, 0.05) is 5.56 Å². The molecule has 0 unspecified atom stereocenters. The van der Waals surface area contributed by atoms with Crippen LogP contribution < -0.4 is 4.74 Å². The monoisotopic (exact) mass is 206 g/mol. The van der Waals surface area contributed by atoms with Crippen LogP contribution in [-0.2, 0) is 0 Å². The summed E-state index contributed by atoms with van der Waals surface area (Å²) in [5, 5.41) is 8.80. The summed E-state index contributed by atoms with van der Waals surface area (Å²) in [5.74, 6) is 0.871. The van der Waals surface area contributed by atoms with Crippen molar-refractivity contribution in [3.05, 3.63) is 29.3 Å². The van der Waals surface area contributed by atoms with E-state index in [1.54, 1.807) is 24.0 Å².